The number of hydrogen-bond donors (Lipinski definition) is 1. The molecular weight excluding hydrogens is 301 g/mol. The third kappa shape index (κ3) is 2.51. The maximum atomic E-state index is 12.7. The van der Waals surface area contributed by atoms with Crippen molar-refractivity contribution in [3.63, 3.8) is 0 Å². The number of halogens is 3. The van der Waals surface area contributed by atoms with Crippen LogP contribution in [0, 0.1) is 11.3 Å². The Labute approximate surface area is 120 Å². The Morgan fingerprint density at radius 3 is 2.55 bits per heavy atom. The molecule has 1 N–H and O–H groups in total. The number of rotatable bonds is 2. The van der Waals surface area contributed by atoms with Crippen LogP contribution in [-0.2, 0) is 6.18 Å². The van der Waals surface area contributed by atoms with E-state index in [2.05, 4.69) is 30.2 Å². The zero-order chi connectivity index (χ0) is 15.7. The lowest BCUT2D eigenvalue weighted by atomic mass is 10.2. The third-order valence-electron chi connectivity index (χ3n) is 2.67. The van der Waals surface area contributed by atoms with Crippen LogP contribution in [0.5, 0.6) is 0 Å². The first kappa shape index (κ1) is 13.7. The number of fused-ring (bicyclic) bond motifs is 1. The van der Waals surface area contributed by atoms with Crippen molar-refractivity contribution in [1.29, 1.82) is 5.26 Å². The summed E-state index contributed by atoms with van der Waals surface area (Å²) in [5.74, 6) is -0.0370. The molecule has 0 aliphatic rings. The van der Waals surface area contributed by atoms with E-state index in [1.807, 2.05) is 0 Å². The number of hydrogen-bond acceptors (Lipinski definition) is 7. The molecule has 0 saturated carbocycles. The van der Waals surface area contributed by atoms with E-state index in [1.54, 1.807) is 6.07 Å². The molecule has 110 valence electrons. The van der Waals surface area contributed by atoms with Crippen molar-refractivity contribution in [1.82, 2.24) is 20.3 Å². The fourth-order valence-electron chi connectivity index (χ4n) is 1.71. The number of aromatic nitrogens is 4. The maximum Gasteiger partial charge on any atom is 0.416 e. The van der Waals surface area contributed by atoms with Gasteiger partial charge in [-0.05, 0) is 28.5 Å². The molecule has 0 radical (unpaired) electrons. The highest BCUT2D eigenvalue weighted by Crippen LogP contribution is 2.31. The van der Waals surface area contributed by atoms with E-state index in [4.69, 9.17) is 5.26 Å². The minimum absolute atomic E-state index is 0.0335. The van der Waals surface area contributed by atoms with Crippen molar-refractivity contribution in [3.8, 4) is 6.07 Å². The van der Waals surface area contributed by atoms with Gasteiger partial charge in [0.2, 0.25) is 11.3 Å². The Balaban J connectivity index is 2.01. The molecule has 10 heteroatoms. The van der Waals surface area contributed by atoms with Gasteiger partial charge in [-0.25, -0.2) is 14.6 Å². The van der Waals surface area contributed by atoms with Crippen LogP contribution in [0.3, 0.4) is 0 Å². The average molecular weight is 306 g/mol. The van der Waals surface area contributed by atoms with Gasteiger partial charge in [0.1, 0.15) is 6.07 Å². The molecule has 3 rings (SSSR count). The SMILES string of the molecule is N#Cc1nc2nonc2nc1Nc1cccc(C(F)(F)F)c1. The second kappa shape index (κ2) is 4.96. The van der Waals surface area contributed by atoms with Crippen molar-refractivity contribution in [2.75, 3.05) is 5.32 Å². The van der Waals surface area contributed by atoms with Crippen molar-refractivity contribution >= 4 is 22.8 Å². The van der Waals surface area contributed by atoms with Gasteiger partial charge in [0.25, 0.3) is 0 Å². The van der Waals surface area contributed by atoms with Gasteiger partial charge in [-0.2, -0.15) is 18.4 Å². The second-order valence-corrected chi connectivity index (χ2v) is 4.15. The molecule has 0 unspecified atom stereocenters. The summed E-state index contributed by atoms with van der Waals surface area (Å²) in [5, 5.41) is 18.5. The molecule has 22 heavy (non-hydrogen) atoms. The van der Waals surface area contributed by atoms with Crippen LogP contribution in [0.25, 0.3) is 11.3 Å². The Hall–Kier alpha value is -3.22. The van der Waals surface area contributed by atoms with Gasteiger partial charge >= 0.3 is 6.18 Å². The first-order chi connectivity index (χ1) is 10.5. The molecule has 7 nitrogen and oxygen atoms in total. The van der Waals surface area contributed by atoms with Crippen LogP contribution < -0.4 is 5.32 Å². The fourth-order valence-corrected chi connectivity index (χ4v) is 1.71. The lowest BCUT2D eigenvalue weighted by Crippen LogP contribution is -2.06. The quantitative estimate of drug-likeness (QED) is 0.776. The van der Waals surface area contributed by atoms with Crippen LogP contribution in [0.15, 0.2) is 28.9 Å². The van der Waals surface area contributed by atoms with Crippen LogP contribution in [0.1, 0.15) is 11.3 Å². The summed E-state index contributed by atoms with van der Waals surface area (Å²) in [6.45, 7) is 0. The number of benzene rings is 1. The fraction of sp³-hybridized carbons (Fsp3) is 0.0833. The first-order valence-electron chi connectivity index (χ1n) is 5.82. The number of nitriles is 1. The molecular formula is C12H5F3N6O. The van der Waals surface area contributed by atoms with Crippen molar-refractivity contribution < 1.29 is 17.8 Å². The molecule has 0 aliphatic carbocycles. The molecule has 2 heterocycles. The molecule has 0 bridgehead atoms. The minimum Gasteiger partial charge on any atom is -0.338 e. The van der Waals surface area contributed by atoms with E-state index in [-0.39, 0.29) is 28.5 Å². The van der Waals surface area contributed by atoms with Crippen LogP contribution in [0.2, 0.25) is 0 Å². The number of alkyl halides is 3. The van der Waals surface area contributed by atoms with Gasteiger partial charge in [0.15, 0.2) is 11.5 Å². The van der Waals surface area contributed by atoms with E-state index < -0.39 is 11.7 Å². The molecule has 2 aromatic heterocycles. The predicted octanol–water partition coefficient (Wildman–Crippen LogP) is 2.65. The van der Waals surface area contributed by atoms with Crippen molar-refractivity contribution in [3.05, 3.63) is 35.5 Å². The highest BCUT2D eigenvalue weighted by atomic mass is 19.4. The largest absolute Gasteiger partial charge is 0.416 e. The monoisotopic (exact) mass is 306 g/mol. The van der Waals surface area contributed by atoms with Gasteiger partial charge in [-0.1, -0.05) is 6.07 Å². The van der Waals surface area contributed by atoms with E-state index >= 15 is 0 Å². The number of nitrogens with zero attached hydrogens (tertiary/aromatic N) is 5. The van der Waals surface area contributed by atoms with Gasteiger partial charge in [0, 0.05) is 5.69 Å². The van der Waals surface area contributed by atoms with Gasteiger partial charge < -0.3 is 5.32 Å². The summed E-state index contributed by atoms with van der Waals surface area (Å²) < 4.78 is 42.5. The lowest BCUT2D eigenvalue weighted by Gasteiger charge is -2.10. The molecule has 0 aliphatic heterocycles. The second-order valence-electron chi connectivity index (χ2n) is 4.15. The summed E-state index contributed by atoms with van der Waals surface area (Å²) in [6.07, 6.45) is -4.47. The summed E-state index contributed by atoms with van der Waals surface area (Å²) in [4.78, 5) is 7.79. The van der Waals surface area contributed by atoms with E-state index in [9.17, 15) is 13.2 Å². The topological polar surface area (TPSA) is 101 Å². The first-order valence-corrected chi connectivity index (χ1v) is 5.82. The highest BCUT2D eigenvalue weighted by molar-refractivity contribution is 5.71. The zero-order valence-electron chi connectivity index (χ0n) is 10.6. The number of anilines is 2. The lowest BCUT2D eigenvalue weighted by molar-refractivity contribution is -0.137. The predicted molar refractivity (Wildman–Crippen MR) is 66.8 cm³/mol. The molecule has 0 atom stereocenters. The highest BCUT2D eigenvalue weighted by Gasteiger charge is 2.30. The normalized spacial score (nSPS) is 11.4. The molecule has 3 aromatic rings. The summed E-state index contributed by atoms with van der Waals surface area (Å²) in [5.41, 5.74) is -0.787. The van der Waals surface area contributed by atoms with E-state index in [0.717, 1.165) is 12.1 Å². The van der Waals surface area contributed by atoms with E-state index in [0.29, 0.717) is 0 Å². The average Bonchev–Trinajstić information content (AvgIpc) is 2.93. The van der Waals surface area contributed by atoms with Gasteiger partial charge in [0.05, 0.1) is 5.56 Å². The van der Waals surface area contributed by atoms with Crippen molar-refractivity contribution in [2.45, 2.75) is 6.18 Å². The molecule has 0 saturated heterocycles. The molecule has 0 fully saturated rings. The Morgan fingerprint density at radius 1 is 1.14 bits per heavy atom. The van der Waals surface area contributed by atoms with Crippen LogP contribution in [0.4, 0.5) is 24.7 Å². The maximum absolute atomic E-state index is 12.7. The summed E-state index contributed by atoms with van der Waals surface area (Å²) >= 11 is 0. The van der Waals surface area contributed by atoms with Gasteiger partial charge in [-0.15, -0.1) is 0 Å². The van der Waals surface area contributed by atoms with E-state index in [1.165, 1.54) is 12.1 Å². The smallest absolute Gasteiger partial charge is 0.338 e. The Kier molecular flexibility index (Phi) is 3.10. The van der Waals surface area contributed by atoms with Gasteiger partial charge in [-0.3, -0.25) is 0 Å². The number of nitrogens with one attached hydrogen (secondary N) is 1. The van der Waals surface area contributed by atoms with Crippen LogP contribution in [-0.4, -0.2) is 20.3 Å². The van der Waals surface area contributed by atoms with Crippen LogP contribution >= 0.6 is 0 Å². The zero-order valence-corrected chi connectivity index (χ0v) is 10.6. The Bertz CT molecular complexity index is 882. The molecule has 0 amide bonds. The minimum atomic E-state index is -4.47. The molecule has 0 spiro atoms. The standard InChI is InChI=1S/C12H5F3N6O/c13-12(14,15)6-2-1-3-7(4-6)17-9-8(5-16)18-10-11(19-9)21-22-20-10/h1-4H,(H,17,19,21). The summed E-state index contributed by atoms with van der Waals surface area (Å²) in [7, 11) is 0. The van der Waals surface area contributed by atoms with Crippen molar-refractivity contribution in [2.24, 2.45) is 0 Å². The summed E-state index contributed by atoms with van der Waals surface area (Å²) in [6, 6.07) is 6.25. The molecule has 1 aromatic carbocycles. The third-order valence-corrected chi connectivity index (χ3v) is 2.67. The Morgan fingerprint density at radius 2 is 1.86 bits per heavy atom.